The van der Waals surface area contributed by atoms with Crippen molar-refractivity contribution in [1.82, 2.24) is 0 Å². The number of fused-ring (bicyclic) bond motifs is 1. The molecule has 0 aliphatic heterocycles. The Morgan fingerprint density at radius 3 is 2.38 bits per heavy atom. The quantitative estimate of drug-likeness (QED) is 0.298. The van der Waals surface area contributed by atoms with Gasteiger partial charge in [0.2, 0.25) is 0 Å². The number of carbonyl (C=O) groups excluding carboxylic acids is 1. The minimum atomic E-state index is 0.552. The van der Waals surface area contributed by atoms with Crippen molar-refractivity contribution in [2.75, 3.05) is 0 Å². The Hall–Kier alpha value is -1.89. The molecule has 0 aliphatic rings. The Morgan fingerprint density at radius 1 is 0.962 bits per heavy atom. The normalized spacial score (nSPS) is 13.1. The number of benzene rings is 2. The van der Waals surface area contributed by atoms with Crippen LogP contribution < -0.4 is 0 Å². The molecule has 0 radical (unpaired) electrons. The summed E-state index contributed by atoms with van der Waals surface area (Å²) < 4.78 is 0. The van der Waals surface area contributed by atoms with Crippen LogP contribution in [0.25, 0.3) is 16.3 Å². The predicted octanol–water partition coefficient (Wildman–Crippen LogP) is 7.83. The highest BCUT2D eigenvalue weighted by Gasteiger charge is 2.09. The summed E-state index contributed by atoms with van der Waals surface area (Å²) >= 11 is 0. The monoisotopic (exact) mass is 350 g/mol. The summed E-state index contributed by atoms with van der Waals surface area (Å²) in [7, 11) is 0. The van der Waals surface area contributed by atoms with Crippen molar-refractivity contribution in [3.8, 4) is 0 Å². The Kier molecular flexibility index (Phi) is 8.61. The van der Waals surface area contributed by atoms with E-state index in [1.54, 1.807) is 0 Å². The van der Waals surface area contributed by atoms with Crippen LogP contribution >= 0.6 is 0 Å². The largest absolute Gasteiger partial charge is 0.298 e. The standard InChI is InChI=1S/C25H34O/c1-4-5-6-7-8-9-10-13-20(2)18-21(3)23-17-16-22-14-11-12-15-24(22)25(23)19-26/h11-12,14-20H,4-10,13H2,1-3H3. The van der Waals surface area contributed by atoms with Crippen LogP contribution in [-0.2, 0) is 0 Å². The van der Waals surface area contributed by atoms with Gasteiger partial charge in [0, 0.05) is 5.56 Å². The topological polar surface area (TPSA) is 17.1 Å². The van der Waals surface area contributed by atoms with Crippen molar-refractivity contribution >= 4 is 22.6 Å². The zero-order chi connectivity index (χ0) is 18.8. The van der Waals surface area contributed by atoms with Crippen LogP contribution in [-0.4, -0.2) is 6.29 Å². The van der Waals surface area contributed by atoms with E-state index in [0.717, 1.165) is 28.2 Å². The van der Waals surface area contributed by atoms with E-state index >= 15 is 0 Å². The van der Waals surface area contributed by atoms with Crippen molar-refractivity contribution in [3.05, 3.63) is 53.6 Å². The average Bonchev–Trinajstić information content (AvgIpc) is 2.66. The van der Waals surface area contributed by atoms with Crippen molar-refractivity contribution in [1.29, 1.82) is 0 Å². The molecule has 0 saturated carbocycles. The molecule has 0 N–H and O–H groups in total. The van der Waals surface area contributed by atoms with Crippen LogP contribution in [0.2, 0.25) is 0 Å². The summed E-state index contributed by atoms with van der Waals surface area (Å²) in [5.74, 6) is 0.552. The van der Waals surface area contributed by atoms with Gasteiger partial charge >= 0.3 is 0 Å². The molecule has 0 aromatic heterocycles. The minimum absolute atomic E-state index is 0.552. The van der Waals surface area contributed by atoms with Gasteiger partial charge in [-0.25, -0.2) is 0 Å². The summed E-state index contributed by atoms with van der Waals surface area (Å²) in [4.78, 5) is 11.7. The Bertz CT molecular complexity index is 726. The highest BCUT2D eigenvalue weighted by molar-refractivity contribution is 6.02. The molecular weight excluding hydrogens is 316 g/mol. The SMILES string of the molecule is CCCCCCCCCC(C)C=C(C)c1ccc2ccccc2c1C=O. The molecule has 2 rings (SSSR count). The smallest absolute Gasteiger partial charge is 0.151 e. The van der Waals surface area contributed by atoms with E-state index in [1.807, 2.05) is 18.2 Å². The van der Waals surface area contributed by atoms with Crippen LogP contribution in [0.5, 0.6) is 0 Å². The second kappa shape index (κ2) is 11.0. The Balaban J connectivity index is 1.96. The van der Waals surface area contributed by atoms with Gasteiger partial charge in [0.15, 0.2) is 6.29 Å². The third-order valence-electron chi connectivity index (χ3n) is 5.31. The van der Waals surface area contributed by atoms with Crippen LogP contribution in [0, 0.1) is 5.92 Å². The van der Waals surface area contributed by atoms with E-state index in [4.69, 9.17) is 0 Å². The maximum atomic E-state index is 11.7. The molecule has 1 heteroatoms. The third kappa shape index (κ3) is 5.83. The van der Waals surface area contributed by atoms with Gasteiger partial charge < -0.3 is 0 Å². The number of rotatable bonds is 11. The number of aldehydes is 1. The maximum absolute atomic E-state index is 11.7. The number of unbranched alkanes of at least 4 members (excludes halogenated alkanes) is 6. The number of carbonyl (C=O) groups is 1. The lowest BCUT2D eigenvalue weighted by Crippen LogP contribution is -1.96. The molecule has 0 saturated heterocycles. The molecule has 0 heterocycles. The van der Waals surface area contributed by atoms with Crippen LogP contribution in [0.3, 0.4) is 0 Å². The van der Waals surface area contributed by atoms with E-state index in [0.29, 0.717) is 5.92 Å². The lowest BCUT2D eigenvalue weighted by Gasteiger charge is -2.12. The summed E-state index contributed by atoms with van der Waals surface area (Å²) in [6, 6.07) is 12.3. The molecule has 0 aliphatic carbocycles. The maximum Gasteiger partial charge on any atom is 0.151 e. The minimum Gasteiger partial charge on any atom is -0.298 e. The summed E-state index contributed by atoms with van der Waals surface area (Å²) in [5.41, 5.74) is 3.11. The van der Waals surface area contributed by atoms with Crippen molar-refractivity contribution in [2.45, 2.75) is 72.1 Å². The van der Waals surface area contributed by atoms with Gasteiger partial charge in [-0.15, -0.1) is 0 Å². The molecule has 140 valence electrons. The first-order valence-corrected chi connectivity index (χ1v) is 10.3. The molecule has 2 aromatic carbocycles. The number of allylic oxidation sites excluding steroid dienone is 2. The second-order valence-electron chi connectivity index (χ2n) is 7.60. The Labute approximate surface area is 159 Å². The lowest BCUT2D eigenvalue weighted by atomic mass is 9.92. The molecule has 0 fully saturated rings. The van der Waals surface area contributed by atoms with Crippen LogP contribution in [0.4, 0.5) is 0 Å². The van der Waals surface area contributed by atoms with Gasteiger partial charge in [0.05, 0.1) is 0 Å². The molecule has 1 unspecified atom stereocenters. The highest BCUT2D eigenvalue weighted by Crippen LogP contribution is 2.27. The highest BCUT2D eigenvalue weighted by atomic mass is 16.1. The lowest BCUT2D eigenvalue weighted by molar-refractivity contribution is 0.112. The van der Waals surface area contributed by atoms with Crippen LogP contribution in [0.1, 0.15) is 88.1 Å². The zero-order valence-electron chi connectivity index (χ0n) is 16.8. The molecule has 2 aromatic rings. The van der Waals surface area contributed by atoms with Gasteiger partial charge in [-0.2, -0.15) is 0 Å². The second-order valence-corrected chi connectivity index (χ2v) is 7.60. The summed E-state index contributed by atoms with van der Waals surface area (Å²) in [6.45, 7) is 6.70. The van der Waals surface area contributed by atoms with Gasteiger partial charge in [0.25, 0.3) is 0 Å². The third-order valence-corrected chi connectivity index (χ3v) is 5.31. The summed E-state index contributed by atoms with van der Waals surface area (Å²) in [6.07, 6.45) is 14.1. The first kappa shape index (κ1) is 20.4. The van der Waals surface area contributed by atoms with Crippen molar-refractivity contribution < 1.29 is 4.79 Å². The van der Waals surface area contributed by atoms with E-state index in [9.17, 15) is 4.79 Å². The molecule has 1 atom stereocenters. The van der Waals surface area contributed by atoms with Crippen molar-refractivity contribution in [3.63, 3.8) is 0 Å². The first-order valence-electron chi connectivity index (χ1n) is 10.3. The van der Waals surface area contributed by atoms with Gasteiger partial charge in [-0.1, -0.05) is 101 Å². The molecule has 0 spiro atoms. The fourth-order valence-corrected chi connectivity index (χ4v) is 3.79. The van der Waals surface area contributed by atoms with E-state index < -0.39 is 0 Å². The van der Waals surface area contributed by atoms with E-state index in [1.165, 1.54) is 56.9 Å². The fraction of sp³-hybridized carbons (Fsp3) is 0.480. The molecular formula is C25H34O. The predicted molar refractivity (Wildman–Crippen MR) is 115 cm³/mol. The zero-order valence-corrected chi connectivity index (χ0v) is 16.8. The Morgan fingerprint density at radius 2 is 1.65 bits per heavy atom. The average molecular weight is 351 g/mol. The number of hydrogen-bond donors (Lipinski definition) is 0. The molecule has 0 bridgehead atoms. The van der Waals surface area contributed by atoms with E-state index in [2.05, 4.69) is 45.0 Å². The molecule has 1 nitrogen and oxygen atoms in total. The van der Waals surface area contributed by atoms with E-state index in [-0.39, 0.29) is 0 Å². The van der Waals surface area contributed by atoms with Gasteiger partial charge in [-0.3, -0.25) is 4.79 Å². The molecule has 26 heavy (non-hydrogen) atoms. The summed E-state index contributed by atoms with van der Waals surface area (Å²) in [5, 5.41) is 2.18. The van der Waals surface area contributed by atoms with Gasteiger partial charge in [-0.05, 0) is 41.2 Å². The van der Waals surface area contributed by atoms with Gasteiger partial charge in [0.1, 0.15) is 0 Å². The first-order chi connectivity index (χ1) is 12.7. The van der Waals surface area contributed by atoms with Crippen LogP contribution in [0.15, 0.2) is 42.5 Å². The van der Waals surface area contributed by atoms with Crippen molar-refractivity contribution in [2.24, 2.45) is 5.92 Å². The molecule has 0 amide bonds. The fourth-order valence-electron chi connectivity index (χ4n) is 3.79. The number of hydrogen-bond acceptors (Lipinski definition) is 1.